The molecule has 2 aliphatic rings. The summed E-state index contributed by atoms with van der Waals surface area (Å²) in [4.78, 5) is 23.2. The largest absolute Gasteiger partial charge is 0.479 e. The smallest absolute Gasteiger partial charge is 0.397 e. The minimum absolute atomic E-state index is 0.341. The van der Waals surface area contributed by atoms with Gasteiger partial charge in [0.15, 0.2) is 12.4 Å². The molecule has 0 aromatic rings. The van der Waals surface area contributed by atoms with Crippen molar-refractivity contribution in [2.45, 2.75) is 62.0 Å². The van der Waals surface area contributed by atoms with Crippen LogP contribution in [-0.2, 0) is 47.9 Å². The number of rotatable bonds is 11. The number of hydrogen-bond donors (Lipinski definition) is 6. The van der Waals surface area contributed by atoms with Gasteiger partial charge in [0.2, 0.25) is 5.91 Å². The van der Waals surface area contributed by atoms with E-state index in [0.717, 1.165) is 7.11 Å². The average molecular weight is 534 g/mol. The third kappa shape index (κ3) is 7.73. The Morgan fingerprint density at radius 2 is 1.57 bits per heavy atom. The number of aliphatic carboxylic acids is 1. The number of carbonyl (C=O) groups excluding carboxylic acids is 1. The summed E-state index contributed by atoms with van der Waals surface area (Å²) in [5.74, 6) is -2.92. The quantitative estimate of drug-likeness (QED) is 0.140. The van der Waals surface area contributed by atoms with E-state index < -0.39 is 96.5 Å². The molecule has 1 amide bonds. The molecule has 2 heterocycles. The topological polar surface area (TPSA) is 237 Å². The van der Waals surface area contributed by atoms with Crippen molar-refractivity contribution in [3.63, 3.8) is 0 Å². The fourth-order valence-corrected chi connectivity index (χ4v) is 4.30. The van der Waals surface area contributed by atoms with Crippen LogP contribution in [0.15, 0.2) is 0 Å². The highest BCUT2D eigenvalue weighted by atomic mass is 32.3. The Balaban J connectivity index is 2.13. The van der Waals surface area contributed by atoms with E-state index in [0.29, 0.717) is 0 Å². The van der Waals surface area contributed by atoms with Gasteiger partial charge < -0.3 is 49.4 Å². The molecule has 204 valence electrons. The van der Waals surface area contributed by atoms with E-state index in [4.69, 9.17) is 28.2 Å². The Labute approximate surface area is 201 Å². The lowest BCUT2D eigenvalue weighted by Gasteiger charge is -2.44. The lowest BCUT2D eigenvalue weighted by atomic mass is 9.87. The van der Waals surface area contributed by atoms with Gasteiger partial charge in [-0.2, -0.15) is 8.42 Å². The monoisotopic (exact) mass is 533 g/mol. The first-order valence-electron chi connectivity index (χ1n) is 10.4. The third-order valence-corrected chi connectivity index (χ3v) is 6.10. The van der Waals surface area contributed by atoms with Crippen molar-refractivity contribution in [2.24, 2.45) is 5.92 Å². The van der Waals surface area contributed by atoms with Crippen molar-refractivity contribution in [3.05, 3.63) is 0 Å². The summed E-state index contributed by atoms with van der Waals surface area (Å²) in [6.45, 7) is -0.347. The Morgan fingerprint density at radius 3 is 2.09 bits per heavy atom. The summed E-state index contributed by atoms with van der Waals surface area (Å²) >= 11 is 0. The van der Waals surface area contributed by atoms with Crippen LogP contribution >= 0.6 is 0 Å². The summed E-state index contributed by atoms with van der Waals surface area (Å²) in [6, 6.07) is -0.984. The van der Waals surface area contributed by atoms with E-state index in [2.05, 4.69) is 9.50 Å². The Kier molecular flexibility index (Phi) is 10.7. The van der Waals surface area contributed by atoms with Gasteiger partial charge in [-0.05, 0) is 0 Å². The summed E-state index contributed by atoms with van der Waals surface area (Å²) in [5.41, 5.74) is 0. The molecule has 35 heavy (non-hydrogen) atoms. The summed E-state index contributed by atoms with van der Waals surface area (Å²) in [7, 11) is -2.45. The number of carbonyl (C=O) groups is 2. The SMILES string of the molecule is CO[C@@H]1OC(COS(=O)(=O)O)[C@H](O)[C@H](COC[C@@H]2OC(C(=O)O)[C@@H](OC)[C@H](O)C2O)C1NC(C)=O. The summed E-state index contributed by atoms with van der Waals surface area (Å²) in [5, 5.41) is 43.1. The number of carboxylic acid groups (broad SMARTS) is 1. The highest BCUT2D eigenvalue weighted by Crippen LogP contribution is 2.29. The second kappa shape index (κ2) is 12.6. The zero-order valence-electron chi connectivity index (χ0n) is 19.1. The maximum Gasteiger partial charge on any atom is 0.397 e. The Bertz CT molecular complexity index is 825. The number of ether oxygens (including phenoxy) is 5. The molecule has 0 saturated carbocycles. The van der Waals surface area contributed by atoms with Crippen molar-refractivity contribution in [1.29, 1.82) is 0 Å². The lowest BCUT2D eigenvalue weighted by molar-refractivity contribution is -0.260. The zero-order valence-corrected chi connectivity index (χ0v) is 19.9. The highest BCUT2D eigenvalue weighted by molar-refractivity contribution is 7.80. The van der Waals surface area contributed by atoms with Crippen LogP contribution in [0, 0.1) is 5.92 Å². The van der Waals surface area contributed by atoms with Gasteiger partial charge in [-0.15, -0.1) is 0 Å². The molecule has 2 saturated heterocycles. The lowest BCUT2D eigenvalue weighted by Crippen LogP contribution is -2.63. The average Bonchev–Trinajstić information content (AvgIpc) is 2.76. The van der Waals surface area contributed by atoms with E-state index >= 15 is 0 Å². The van der Waals surface area contributed by atoms with Gasteiger partial charge in [0.05, 0.1) is 32.0 Å². The standard InChI is InChI=1S/C18H31NO15S/c1-7(20)19-11-8(12(21)10(34-18(11)30-3)6-32-35(26,27)28)4-31-5-9-13(22)14(23)15(29-2)16(33-9)17(24)25/h8-16,18,21-23H,4-6H2,1-3H3,(H,19,20)(H,24,25)(H,26,27,28)/t8-,9+,10?,11?,12-,13?,14-,15+,16?,18-/m1/s1. The van der Waals surface area contributed by atoms with Gasteiger partial charge in [0, 0.05) is 27.1 Å². The second-order valence-electron chi connectivity index (χ2n) is 8.02. The molecule has 0 aromatic carbocycles. The van der Waals surface area contributed by atoms with E-state index in [-0.39, 0.29) is 6.61 Å². The van der Waals surface area contributed by atoms with Crippen LogP contribution in [-0.4, -0.2) is 134 Å². The molecule has 16 nitrogen and oxygen atoms in total. The van der Waals surface area contributed by atoms with Crippen LogP contribution in [0.3, 0.4) is 0 Å². The summed E-state index contributed by atoms with van der Waals surface area (Å²) in [6.07, 6.45) is -11.4. The maximum absolute atomic E-state index is 11.7. The van der Waals surface area contributed by atoms with Gasteiger partial charge in [-0.1, -0.05) is 0 Å². The van der Waals surface area contributed by atoms with E-state index in [1.54, 1.807) is 0 Å². The van der Waals surface area contributed by atoms with Gasteiger partial charge in [0.25, 0.3) is 0 Å². The molecule has 10 atom stereocenters. The van der Waals surface area contributed by atoms with Crippen LogP contribution in [0.25, 0.3) is 0 Å². The molecule has 2 fully saturated rings. The molecule has 0 aliphatic carbocycles. The predicted molar refractivity (Wildman–Crippen MR) is 110 cm³/mol. The van der Waals surface area contributed by atoms with E-state index in [9.17, 15) is 38.4 Å². The molecule has 6 N–H and O–H groups in total. The fourth-order valence-electron chi connectivity index (χ4n) is 3.99. The first-order chi connectivity index (χ1) is 16.3. The number of methoxy groups -OCH3 is 2. The van der Waals surface area contributed by atoms with Crippen molar-refractivity contribution in [2.75, 3.05) is 34.0 Å². The number of amides is 1. The first kappa shape index (κ1) is 29.7. The van der Waals surface area contributed by atoms with Crippen LogP contribution in [0.5, 0.6) is 0 Å². The van der Waals surface area contributed by atoms with Gasteiger partial charge >= 0.3 is 16.4 Å². The molecule has 0 spiro atoms. The molecule has 2 rings (SSSR count). The number of carboxylic acids is 1. The van der Waals surface area contributed by atoms with Crippen molar-refractivity contribution < 1.29 is 70.9 Å². The molecule has 4 unspecified atom stereocenters. The molecular formula is C18H31NO15S. The van der Waals surface area contributed by atoms with E-state index in [1.807, 2.05) is 0 Å². The van der Waals surface area contributed by atoms with Crippen molar-refractivity contribution >= 4 is 22.3 Å². The van der Waals surface area contributed by atoms with Gasteiger partial charge in [0.1, 0.15) is 30.5 Å². The van der Waals surface area contributed by atoms with Crippen LogP contribution < -0.4 is 5.32 Å². The fraction of sp³-hybridized carbons (Fsp3) is 0.889. The molecule has 0 radical (unpaired) electrons. The molecule has 0 aromatic heterocycles. The minimum Gasteiger partial charge on any atom is -0.479 e. The highest BCUT2D eigenvalue weighted by Gasteiger charge is 2.49. The molecular weight excluding hydrogens is 502 g/mol. The predicted octanol–water partition coefficient (Wildman–Crippen LogP) is -3.74. The Morgan fingerprint density at radius 1 is 0.943 bits per heavy atom. The maximum atomic E-state index is 11.7. The third-order valence-electron chi connectivity index (χ3n) is 5.66. The molecule has 0 bridgehead atoms. The summed E-state index contributed by atoms with van der Waals surface area (Å²) < 4.78 is 61.4. The number of aliphatic hydroxyl groups excluding tert-OH is 3. The minimum atomic E-state index is -4.84. The number of hydrogen-bond acceptors (Lipinski definition) is 13. The second-order valence-corrected chi connectivity index (χ2v) is 9.12. The Hall–Kier alpha value is -1.51. The van der Waals surface area contributed by atoms with Gasteiger partial charge in [-0.3, -0.25) is 9.35 Å². The molecule has 17 heteroatoms. The number of aliphatic hydroxyl groups is 3. The van der Waals surface area contributed by atoms with Gasteiger partial charge in [-0.25, -0.2) is 8.98 Å². The van der Waals surface area contributed by atoms with Crippen molar-refractivity contribution in [1.82, 2.24) is 5.32 Å². The zero-order chi connectivity index (χ0) is 26.5. The van der Waals surface area contributed by atoms with Crippen molar-refractivity contribution in [3.8, 4) is 0 Å². The number of nitrogens with one attached hydrogen (secondary N) is 1. The first-order valence-corrected chi connectivity index (χ1v) is 11.8. The van der Waals surface area contributed by atoms with Crippen LogP contribution in [0.4, 0.5) is 0 Å². The normalized spacial score (nSPS) is 38.1. The van der Waals surface area contributed by atoms with Crippen LogP contribution in [0.1, 0.15) is 6.92 Å². The van der Waals surface area contributed by atoms with E-state index in [1.165, 1.54) is 14.0 Å². The van der Waals surface area contributed by atoms with Crippen LogP contribution in [0.2, 0.25) is 0 Å². The molecule has 2 aliphatic heterocycles.